The maximum atomic E-state index is 9.86. The molecule has 0 aromatic carbocycles. The Hall–Kier alpha value is -1.69. The smallest absolute Gasteiger partial charge is 0.203 e. The van der Waals surface area contributed by atoms with Gasteiger partial charge in [0.15, 0.2) is 5.82 Å². The summed E-state index contributed by atoms with van der Waals surface area (Å²) in [5.41, 5.74) is 0.433. The average molecular weight is 275 g/mol. The second-order valence-electron chi connectivity index (χ2n) is 5.98. The van der Waals surface area contributed by atoms with E-state index in [1.807, 2.05) is 17.5 Å². The van der Waals surface area contributed by atoms with Crippen LogP contribution in [0.25, 0.3) is 5.65 Å². The molecule has 0 bridgehead atoms. The standard InChI is InChI=1S/C14H21N5O/c1-10-4-3-5-14(8-10,9-20)16-12-13-18-17-11(2)19(13)7-6-15-12/h6-7,10,20H,3-5,8-9H2,1-2H3,(H,15,16). The summed E-state index contributed by atoms with van der Waals surface area (Å²) < 4.78 is 1.91. The predicted molar refractivity (Wildman–Crippen MR) is 76.6 cm³/mol. The molecular formula is C14H21N5O. The van der Waals surface area contributed by atoms with Crippen molar-refractivity contribution in [2.45, 2.75) is 45.1 Å². The lowest BCUT2D eigenvalue weighted by Crippen LogP contribution is -2.46. The van der Waals surface area contributed by atoms with Gasteiger partial charge in [0, 0.05) is 12.4 Å². The normalized spacial score (nSPS) is 26.9. The molecule has 0 radical (unpaired) electrons. The summed E-state index contributed by atoms with van der Waals surface area (Å²) in [5, 5.41) is 21.6. The summed E-state index contributed by atoms with van der Waals surface area (Å²) in [4.78, 5) is 4.39. The Morgan fingerprint density at radius 1 is 1.50 bits per heavy atom. The third-order valence-electron chi connectivity index (χ3n) is 4.28. The molecule has 20 heavy (non-hydrogen) atoms. The Labute approximate surface area is 118 Å². The maximum absolute atomic E-state index is 9.86. The molecule has 0 saturated heterocycles. The first-order valence-corrected chi connectivity index (χ1v) is 7.19. The zero-order valence-corrected chi connectivity index (χ0v) is 12.0. The van der Waals surface area contributed by atoms with E-state index in [-0.39, 0.29) is 12.1 Å². The highest BCUT2D eigenvalue weighted by atomic mass is 16.3. The first-order valence-electron chi connectivity index (χ1n) is 7.19. The van der Waals surface area contributed by atoms with Crippen LogP contribution in [-0.4, -0.2) is 36.8 Å². The molecule has 2 heterocycles. The van der Waals surface area contributed by atoms with Gasteiger partial charge in [0.1, 0.15) is 5.82 Å². The minimum absolute atomic E-state index is 0.118. The Morgan fingerprint density at radius 2 is 2.35 bits per heavy atom. The van der Waals surface area contributed by atoms with Crippen LogP contribution < -0.4 is 5.32 Å². The van der Waals surface area contributed by atoms with Crippen molar-refractivity contribution in [3.63, 3.8) is 0 Å². The summed E-state index contributed by atoms with van der Waals surface area (Å²) in [6.45, 7) is 4.27. The van der Waals surface area contributed by atoms with Crippen molar-refractivity contribution in [3.05, 3.63) is 18.2 Å². The van der Waals surface area contributed by atoms with Crippen molar-refractivity contribution in [2.75, 3.05) is 11.9 Å². The molecule has 2 aromatic heterocycles. The van der Waals surface area contributed by atoms with E-state index in [1.165, 1.54) is 6.42 Å². The summed E-state index contributed by atoms with van der Waals surface area (Å²) in [5.74, 6) is 2.15. The molecule has 6 nitrogen and oxygen atoms in total. The molecule has 108 valence electrons. The van der Waals surface area contributed by atoms with E-state index < -0.39 is 0 Å². The minimum Gasteiger partial charge on any atom is -0.394 e. The highest BCUT2D eigenvalue weighted by molar-refractivity contribution is 5.63. The zero-order chi connectivity index (χ0) is 14.2. The van der Waals surface area contributed by atoms with Gasteiger partial charge >= 0.3 is 0 Å². The molecule has 3 rings (SSSR count). The van der Waals surface area contributed by atoms with Gasteiger partial charge in [0.05, 0.1) is 12.1 Å². The molecule has 1 saturated carbocycles. The fourth-order valence-corrected chi connectivity index (χ4v) is 3.24. The van der Waals surface area contributed by atoms with Crippen LogP contribution in [0.5, 0.6) is 0 Å². The van der Waals surface area contributed by atoms with Crippen LogP contribution in [-0.2, 0) is 0 Å². The summed E-state index contributed by atoms with van der Waals surface area (Å²) in [6, 6.07) is 0. The predicted octanol–water partition coefficient (Wildman–Crippen LogP) is 1.79. The monoisotopic (exact) mass is 275 g/mol. The van der Waals surface area contributed by atoms with Crippen molar-refractivity contribution in [3.8, 4) is 0 Å². The molecule has 1 aliphatic rings. The van der Waals surface area contributed by atoms with Gasteiger partial charge in [0.2, 0.25) is 5.65 Å². The van der Waals surface area contributed by atoms with Crippen molar-refractivity contribution in [2.24, 2.45) is 5.92 Å². The number of aliphatic hydroxyl groups excluding tert-OH is 1. The van der Waals surface area contributed by atoms with Crippen LogP contribution in [0.15, 0.2) is 12.4 Å². The van der Waals surface area contributed by atoms with E-state index in [2.05, 4.69) is 27.4 Å². The van der Waals surface area contributed by atoms with E-state index in [1.54, 1.807) is 6.20 Å². The van der Waals surface area contributed by atoms with Gasteiger partial charge < -0.3 is 10.4 Å². The fourth-order valence-electron chi connectivity index (χ4n) is 3.24. The van der Waals surface area contributed by atoms with Gasteiger partial charge in [-0.15, -0.1) is 10.2 Å². The Balaban J connectivity index is 1.95. The van der Waals surface area contributed by atoms with Crippen LogP contribution in [0.2, 0.25) is 0 Å². The molecule has 2 N–H and O–H groups in total. The Kier molecular flexibility index (Phi) is 3.33. The zero-order valence-electron chi connectivity index (χ0n) is 12.0. The van der Waals surface area contributed by atoms with Crippen molar-refractivity contribution >= 4 is 11.5 Å². The van der Waals surface area contributed by atoms with Crippen LogP contribution in [0.4, 0.5) is 5.82 Å². The lowest BCUT2D eigenvalue weighted by molar-refractivity contribution is 0.149. The number of hydrogen-bond acceptors (Lipinski definition) is 5. The van der Waals surface area contributed by atoms with E-state index in [0.717, 1.165) is 30.7 Å². The van der Waals surface area contributed by atoms with E-state index >= 15 is 0 Å². The van der Waals surface area contributed by atoms with Crippen LogP contribution in [0.1, 0.15) is 38.4 Å². The molecule has 0 aliphatic heterocycles. The minimum atomic E-state index is -0.285. The molecular weight excluding hydrogens is 254 g/mol. The highest BCUT2D eigenvalue weighted by Crippen LogP contribution is 2.34. The fraction of sp³-hybridized carbons (Fsp3) is 0.643. The summed E-state index contributed by atoms with van der Waals surface area (Å²) in [6.07, 6.45) is 7.87. The topological polar surface area (TPSA) is 75.3 Å². The number of hydrogen-bond donors (Lipinski definition) is 2. The number of rotatable bonds is 3. The van der Waals surface area contributed by atoms with Crippen LogP contribution in [0, 0.1) is 12.8 Å². The lowest BCUT2D eigenvalue weighted by Gasteiger charge is -2.39. The summed E-state index contributed by atoms with van der Waals surface area (Å²) in [7, 11) is 0. The Bertz CT molecular complexity index is 611. The summed E-state index contributed by atoms with van der Waals surface area (Å²) >= 11 is 0. The lowest BCUT2D eigenvalue weighted by atomic mass is 9.77. The van der Waals surface area contributed by atoms with Gasteiger partial charge in [-0.2, -0.15) is 0 Å². The first kappa shape index (κ1) is 13.3. The first-order chi connectivity index (χ1) is 9.63. The van der Waals surface area contributed by atoms with Gasteiger partial charge in [-0.05, 0) is 25.7 Å². The van der Waals surface area contributed by atoms with Crippen molar-refractivity contribution in [1.29, 1.82) is 0 Å². The molecule has 2 aromatic rings. The SMILES string of the molecule is Cc1nnc2c(NC3(CO)CCCC(C)C3)nccn12. The number of anilines is 1. The Morgan fingerprint density at radius 3 is 3.10 bits per heavy atom. The second kappa shape index (κ2) is 5.01. The molecule has 1 fully saturated rings. The number of nitrogens with zero attached hydrogens (tertiary/aromatic N) is 4. The molecule has 2 unspecified atom stereocenters. The molecule has 1 aliphatic carbocycles. The highest BCUT2D eigenvalue weighted by Gasteiger charge is 2.35. The third kappa shape index (κ3) is 2.24. The molecule has 2 atom stereocenters. The van der Waals surface area contributed by atoms with Gasteiger partial charge in [-0.1, -0.05) is 19.8 Å². The van der Waals surface area contributed by atoms with Gasteiger partial charge in [0.25, 0.3) is 0 Å². The van der Waals surface area contributed by atoms with Crippen LogP contribution in [0.3, 0.4) is 0 Å². The van der Waals surface area contributed by atoms with Crippen molar-refractivity contribution < 1.29 is 5.11 Å². The quantitative estimate of drug-likeness (QED) is 0.893. The largest absolute Gasteiger partial charge is 0.394 e. The average Bonchev–Trinajstić information content (AvgIpc) is 2.82. The van der Waals surface area contributed by atoms with Gasteiger partial charge in [-0.3, -0.25) is 4.40 Å². The van der Waals surface area contributed by atoms with Crippen molar-refractivity contribution in [1.82, 2.24) is 19.6 Å². The van der Waals surface area contributed by atoms with E-state index in [4.69, 9.17) is 0 Å². The maximum Gasteiger partial charge on any atom is 0.203 e. The third-order valence-corrected chi connectivity index (χ3v) is 4.28. The van der Waals surface area contributed by atoms with Crippen LogP contribution >= 0.6 is 0 Å². The molecule has 0 spiro atoms. The number of aliphatic hydroxyl groups is 1. The number of aromatic nitrogens is 4. The number of nitrogens with one attached hydrogen (secondary N) is 1. The second-order valence-corrected chi connectivity index (χ2v) is 5.98. The number of aryl methyl sites for hydroxylation is 1. The van der Waals surface area contributed by atoms with Gasteiger partial charge in [-0.25, -0.2) is 4.98 Å². The number of fused-ring (bicyclic) bond motifs is 1. The molecule has 6 heteroatoms. The molecule has 0 amide bonds. The van der Waals surface area contributed by atoms with E-state index in [0.29, 0.717) is 11.7 Å². The van der Waals surface area contributed by atoms with E-state index in [9.17, 15) is 5.11 Å².